The maximum Gasteiger partial charge on any atom is 0.191 e. The highest BCUT2D eigenvalue weighted by molar-refractivity contribution is 14.0. The Hall–Kier alpha value is -1.18. The Labute approximate surface area is 149 Å². The summed E-state index contributed by atoms with van der Waals surface area (Å²) >= 11 is 0. The van der Waals surface area contributed by atoms with Crippen LogP contribution < -0.4 is 10.5 Å². The van der Waals surface area contributed by atoms with Crippen molar-refractivity contribution in [2.45, 2.75) is 33.2 Å². The van der Waals surface area contributed by atoms with Crippen molar-refractivity contribution in [2.24, 2.45) is 16.6 Å². The molecule has 0 unspecified atom stereocenters. The number of ether oxygens (including phenoxy) is 1. The van der Waals surface area contributed by atoms with Crippen LogP contribution in [0.3, 0.4) is 0 Å². The van der Waals surface area contributed by atoms with E-state index in [4.69, 9.17) is 10.5 Å². The molecule has 0 bridgehead atoms. The first-order valence-electron chi connectivity index (χ1n) is 7.59. The normalized spacial score (nSPS) is 16.3. The lowest BCUT2D eigenvalue weighted by molar-refractivity contribution is 0.277. The van der Waals surface area contributed by atoms with Gasteiger partial charge in [-0.1, -0.05) is 13.0 Å². The Bertz CT molecular complexity index is 500. The Morgan fingerprint density at radius 3 is 2.73 bits per heavy atom. The van der Waals surface area contributed by atoms with Crippen molar-refractivity contribution in [3.05, 3.63) is 23.8 Å². The molecule has 0 saturated carbocycles. The third-order valence-corrected chi connectivity index (χ3v) is 3.86. The fourth-order valence-electron chi connectivity index (χ4n) is 2.44. The van der Waals surface area contributed by atoms with Crippen molar-refractivity contribution in [3.8, 4) is 11.5 Å². The number of aliphatic imine (C=N–C) groups is 1. The fourth-order valence-corrected chi connectivity index (χ4v) is 2.44. The van der Waals surface area contributed by atoms with Crippen LogP contribution in [0.4, 0.5) is 0 Å². The minimum Gasteiger partial charge on any atom is -0.504 e. The summed E-state index contributed by atoms with van der Waals surface area (Å²) in [4.78, 5) is 6.60. The van der Waals surface area contributed by atoms with Crippen LogP contribution in [0.15, 0.2) is 23.2 Å². The molecule has 1 heterocycles. The molecule has 0 aromatic heterocycles. The molecule has 1 aliphatic heterocycles. The largest absolute Gasteiger partial charge is 0.504 e. The molecule has 0 atom stereocenters. The molecule has 124 valence electrons. The Balaban J connectivity index is 0.00000242. The molecule has 3 N–H and O–H groups in total. The molecular weight excluding hydrogens is 393 g/mol. The number of benzene rings is 1. The first kappa shape index (κ1) is 18.9. The van der Waals surface area contributed by atoms with E-state index in [1.165, 1.54) is 12.8 Å². The molecular formula is C16H26IN3O2. The van der Waals surface area contributed by atoms with Crippen LogP contribution in [0.5, 0.6) is 11.5 Å². The van der Waals surface area contributed by atoms with Crippen LogP contribution in [0.1, 0.15) is 32.3 Å². The smallest absolute Gasteiger partial charge is 0.191 e. The quantitative estimate of drug-likeness (QED) is 0.447. The van der Waals surface area contributed by atoms with Crippen LogP contribution in [0, 0.1) is 5.92 Å². The number of aromatic hydroxyl groups is 1. The molecule has 2 rings (SSSR count). The number of phenols is 1. The van der Waals surface area contributed by atoms with Gasteiger partial charge in [-0.2, -0.15) is 0 Å². The SMILES string of the molecule is CCOc1cc(CN=C(N)N2CCC(C)CC2)ccc1O.I. The van der Waals surface area contributed by atoms with Gasteiger partial charge in [0.25, 0.3) is 0 Å². The zero-order valence-electron chi connectivity index (χ0n) is 13.3. The molecule has 0 aliphatic carbocycles. The number of hydrogen-bond acceptors (Lipinski definition) is 3. The van der Waals surface area contributed by atoms with Gasteiger partial charge in [-0.3, -0.25) is 0 Å². The van der Waals surface area contributed by atoms with Crippen molar-refractivity contribution in [2.75, 3.05) is 19.7 Å². The summed E-state index contributed by atoms with van der Waals surface area (Å²) in [5.74, 6) is 2.03. The van der Waals surface area contributed by atoms with Gasteiger partial charge < -0.3 is 20.5 Å². The van der Waals surface area contributed by atoms with E-state index < -0.39 is 0 Å². The molecule has 0 radical (unpaired) electrons. The van der Waals surface area contributed by atoms with Gasteiger partial charge in [-0.15, -0.1) is 24.0 Å². The molecule has 0 spiro atoms. The van der Waals surface area contributed by atoms with Crippen LogP contribution in [0.25, 0.3) is 0 Å². The summed E-state index contributed by atoms with van der Waals surface area (Å²) in [5.41, 5.74) is 7.04. The van der Waals surface area contributed by atoms with E-state index in [2.05, 4.69) is 16.8 Å². The third-order valence-electron chi connectivity index (χ3n) is 3.86. The van der Waals surface area contributed by atoms with Crippen molar-refractivity contribution >= 4 is 29.9 Å². The highest BCUT2D eigenvalue weighted by atomic mass is 127. The van der Waals surface area contributed by atoms with Gasteiger partial charge >= 0.3 is 0 Å². The zero-order valence-corrected chi connectivity index (χ0v) is 15.6. The second-order valence-electron chi connectivity index (χ2n) is 5.58. The molecule has 5 nitrogen and oxygen atoms in total. The van der Waals surface area contributed by atoms with E-state index >= 15 is 0 Å². The van der Waals surface area contributed by atoms with Crippen molar-refractivity contribution in [3.63, 3.8) is 0 Å². The molecule has 1 aromatic carbocycles. The van der Waals surface area contributed by atoms with Crippen molar-refractivity contribution in [1.29, 1.82) is 0 Å². The summed E-state index contributed by atoms with van der Waals surface area (Å²) in [5, 5.41) is 9.68. The van der Waals surface area contributed by atoms with Crippen LogP contribution >= 0.6 is 24.0 Å². The third kappa shape index (κ3) is 5.23. The summed E-state index contributed by atoms with van der Waals surface area (Å²) in [6.45, 7) is 7.15. The minimum atomic E-state index is 0. The predicted molar refractivity (Wildman–Crippen MR) is 100.0 cm³/mol. The van der Waals surface area contributed by atoms with E-state index in [1.807, 2.05) is 19.1 Å². The van der Waals surface area contributed by atoms with E-state index in [0.29, 0.717) is 24.9 Å². The number of nitrogens with zero attached hydrogens (tertiary/aromatic N) is 2. The molecule has 0 amide bonds. The molecule has 1 fully saturated rings. The van der Waals surface area contributed by atoms with Gasteiger partial charge in [0.1, 0.15) is 0 Å². The average molecular weight is 419 g/mol. The topological polar surface area (TPSA) is 71.1 Å². The highest BCUT2D eigenvalue weighted by Crippen LogP contribution is 2.27. The van der Waals surface area contributed by atoms with Crippen LogP contribution in [-0.2, 0) is 6.54 Å². The summed E-state index contributed by atoms with van der Waals surface area (Å²) in [6.07, 6.45) is 2.34. The minimum absolute atomic E-state index is 0. The van der Waals surface area contributed by atoms with E-state index in [9.17, 15) is 5.11 Å². The predicted octanol–water partition coefficient (Wildman–Crippen LogP) is 2.96. The molecule has 6 heteroatoms. The van der Waals surface area contributed by atoms with Gasteiger partial charge in [0.15, 0.2) is 17.5 Å². The fraction of sp³-hybridized carbons (Fsp3) is 0.562. The van der Waals surface area contributed by atoms with Gasteiger partial charge in [0, 0.05) is 13.1 Å². The van der Waals surface area contributed by atoms with Crippen LogP contribution in [-0.4, -0.2) is 35.7 Å². The average Bonchev–Trinajstić information content (AvgIpc) is 2.48. The number of hydrogen-bond donors (Lipinski definition) is 2. The number of phenolic OH excluding ortho intramolecular Hbond substituents is 1. The lowest BCUT2D eigenvalue weighted by Gasteiger charge is -2.31. The first-order valence-corrected chi connectivity index (χ1v) is 7.59. The number of rotatable bonds is 4. The number of nitrogens with two attached hydrogens (primary N) is 1. The van der Waals surface area contributed by atoms with E-state index in [1.54, 1.807) is 6.07 Å². The Kier molecular flexibility index (Phi) is 7.78. The lowest BCUT2D eigenvalue weighted by atomic mass is 10.00. The summed E-state index contributed by atoms with van der Waals surface area (Å²) < 4.78 is 5.37. The molecule has 1 aromatic rings. The number of likely N-dealkylation sites (tertiary alicyclic amines) is 1. The van der Waals surface area contributed by atoms with Crippen LogP contribution in [0.2, 0.25) is 0 Å². The van der Waals surface area contributed by atoms with E-state index in [0.717, 1.165) is 24.6 Å². The molecule has 1 saturated heterocycles. The standard InChI is InChI=1S/C16H25N3O2.HI/c1-3-21-15-10-13(4-5-14(15)20)11-18-16(17)19-8-6-12(2)7-9-19;/h4-5,10,12,20H,3,6-9,11H2,1-2H3,(H2,17,18);1H. The number of piperidine rings is 1. The molecule has 1 aliphatic rings. The number of guanidine groups is 1. The highest BCUT2D eigenvalue weighted by Gasteiger charge is 2.16. The summed E-state index contributed by atoms with van der Waals surface area (Å²) in [7, 11) is 0. The molecule has 22 heavy (non-hydrogen) atoms. The van der Waals surface area contributed by atoms with Gasteiger partial charge in [-0.05, 0) is 43.4 Å². The Morgan fingerprint density at radius 1 is 1.41 bits per heavy atom. The Morgan fingerprint density at radius 2 is 2.09 bits per heavy atom. The number of halogens is 1. The summed E-state index contributed by atoms with van der Waals surface area (Å²) in [6, 6.07) is 5.29. The zero-order chi connectivity index (χ0) is 15.2. The lowest BCUT2D eigenvalue weighted by Crippen LogP contribution is -2.42. The van der Waals surface area contributed by atoms with Gasteiger partial charge in [0.05, 0.1) is 13.2 Å². The maximum atomic E-state index is 9.68. The van der Waals surface area contributed by atoms with Gasteiger partial charge in [-0.25, -0.2) is 4.99 Å². The van der Waals surface area contributed by atoms with Crippen molar-refractivity contribution < 1.29 is 9.84 Å². The second-order valence-corrected chi connectivity index (χ2v) is 5.58. The monoisotopic (exact) mass is 419 g/mol. The second kappa shape index (κ2) is 9.07. The maximum absolute atomic E-state index is 9.68. The van der Waals surface area contributed by atoms with Gasteiger partial charge in [0.2, 0.25) is 0 Å². The van der Waals surface area contributed by atoms with Crippen molar-refractivity contribution in [1.82, 2.24) is 4.90 Å². The van der Waals surface area contributed by atoms with E-state index in [-0.39, 0.29) is 29.7 Å². The first-order chi connectivity index (χ1) is 10.1.